The average molecular weight is 383 g/mol. The fourth-order valence-electron chi connectivity index (χ4n) is 3.07. The Morgan fingerprint density at radius 1 is 1.12 bits per heavy atom. The molecule has 9 nitrogen and oxygen atoms in total. The van der Waals surface area contributed by atoms with Crippen molar-refractivity contribution in [3.63, 3.8) is 0 Å². The van der Waals surface area contributed by atoms with E-state index in [4.69, 9.17) is 9.47 Å². The van der Waals surface area contributed by atoms with Gasteiger partial charge in [-0.1, -0.05) is 0 Å². The summed E-state index contributed by atoms with van der Waals surface area (Å²) >= 11 is 0. The molecule has 26 heavy (non-hydrogen) atoms. The molecule has 10 heteroatoms. The number of methoxy groups -OCH3 is 2. The van der Waals surface area contributed by atoms with Crippen LogP contribution in [0.3, 0.4) is 0 Å². The number of esters is 2. The molecule has 2 rings (SSSR count). The summed E-state index contributed by atoms with van der Waals surface area (Å²) in [5.41, 5.74) is 1.71. The number of nitrogens with zero attached hydrogens (tertiary/aromatic N) is 2. The van der Waals surface area contributed by atoms with Crippen molar-refractivity contribution in [3.8, 4) is 0 Å². The van der Waals surface area contributed by atoms with Crippen molar-refractivity contribution >= 4 is 21.8 Å². The van der Waals surface area contributed by atoms with Crippen molar-refractivity contribution in [2.45, 2.75) is 24.9 Å². The molecule has 1 N–H and O–H groups in total. The lowest BCUT2D eigenvalue weighted by Gasteiger charge is -2.29. The smallest absolute Gasteiger partial charge is 0.336 e. The van der Waals surface area contributed by atoms with E-state index in [1.54, 1.807) is 13.8 Å². The third-order valence-corrected chi connectivity index (χ3v) is 5.22. The van der Waals surface area contributed by atoms with Gasteiger partial charge in [-0.15, -0.1) is 0 Å². The van der Waals surface area contributed by atoms with Crippen LogP contribution < -0.4 is 5.32 Å². The molecule has 1 aromatic heterocycles. The van der Waals surface area contributed by atoms with Gasteiger partial charge in [0.05, 0.1) is 43.2 Å². The number of allylic oxidation sites excluding steroid dienone is 2. The Bertz CT molecular complexity index is 901. The van der Waals surface area contributed by atoms with Gasteiger partial charge in [0.1, 0.15) is 0 Å². The van der Waals surface area contributed by atoms with Gasteiger partial charge in [-0.3, -0.25) is 0 Å². The average Bonchev–Trinajstić information content (AvgIpc) is 2.94. The highest BCUT2D eigenvalue weighted by Gasteiger charge is 2.39. The van der Waals surface area contributed by atoms with Gasteiger partial charge >= 0.3 is 11.9 Å². The van der Waals surface area contributed by atoms with Crippen LogP contribution in [0.4, 0.5) is 0 Å². The lowest BCUT2D eigenvalue weighted by atomic mass is 9.83. The number of hydrogen-bond donors (Lipinski definition) is 1. The van der Waals surface area contributed by atoms with E-state index in [1.807, 2.05) is 0 Å². The maximum Gasteiger partial charge on any atom is 0.336 e. The molecule has 1 aliphatic heterocycles. The molecule has 0 bridgehead atoms. The maximum atomic E-state index is 12.4. The lowest BCUT2D eigenvalue weighted by Crippen LogP contribution is -2.33. The number of carbonyl (C=O) groups is 2. The SMILES string of the molecule is COC(=O)C1=C(C)NC(C)=C(C(=O)OC)C1c1cnc(S(C)(=O)=O)n1C. The molecule has 0 amide bonds. The highest BCUT2D eigenvalue weighted by molar-refractivity contribution is 7.90. The third kappa shape index (κ3) is 3.24. The van der Waals surface area contributed by atoms with E-state index in [-0.39, 0.29) is 16.3 Å². The van der Waals surface area contributed by atoms with Crippen LogP contribution in [-0.4, -0.2) is 50.4 Å². The fourth-order valence-corrected chi connectivity index (χ4v) is 3.92. The van der Waals surface area contributed by atoms with E-state index in [0.717, 1.165) is 6.26 Å². The second-order valence-electron chi connectivity index (χ2n) is 5.92. The number of sulfone groups is 1. The van der Waals surface area contributed by atoms with Gasteiger partial charge in [0, 0.05) is 24.7 Å². The Kier molecular flexibility index (Phi) is 5.26. The van der Waals surface area contributed by atoms with E-state index >= 15 is 0 Å². The molecule has 0 atom stereocenters. The first-order valence-electron chi connectivity index (χ1n) is 7.61. The molecule has 2 heterocycles. The van der Waals surface area contributed by atoms with E-state index in [0.29, 0.717) is 17.1 Å². The first-order valence-corrected chi connectivity index (χ1v) is 9.50. The number of rotatable bonds is 4. The second kappa shape index (κ2) is 6.94. The summed E-state index contributed by atoms with van der Waals surface area (Å²) in [5, 5.41) is 2.80. The molecule has 0 aromatic carbocycles. The zero-order chi connectivity index (χ0) is 19.8. The van der Waals surface area contributed by atoms with Crippen molar-refractivity contribution in [2.75, 3.05) is 20.5 Å². The third-order valence-electron chi connectivity index (χ3n) is 4.18. The predicted molar refractivity (Wildman–Crippen MR) is 91.6 cm³/mol. The number of nitrogens with one attached hydrogen (secondary N) is 1. The molecular weight excluding hydrogens is 362 g/mol. The number of carbonyl (C=O) groups excluding carboxylic acids is 2. The van der Waals surface area contributed by atoms with E-state index < -0.39 is 27.7 Å². The fraction of sp³-hybridized carbons (Fsp3) is 0.438. The molecule has 0 aliphatic carbocycles. The van der Waals surface area contributed by atoms with Crippen molar-refractivity contribution < 1.29 is 27.5 Å². The summed E-state index contributed by atoms with van der Waals surface area (Å²) in [4.78, 5) is 28.7. The van der Waals surface area contributed by atoms with E-state index in [9.17, 15) is 18.0 Å². The number of aromatic nitrogens is 2. The molecule has 0 radical (unpaired) electrons. The second-order valence-corrected chi connectivity index (χ2v) is 7.82. The van der Waals surface area contributed by atoms with Gasteiger partial charge in [-0.25, -0.2) is 23.0 Å². The molecule has 142 valence electrons. The monoisotopic (exact) mass is 383 g/mol. The number of dihydropyridines is 1. The summed E-state index contributed by atoms with van der Waals surface area (Å²) in [6.07, 6.45) is 2.37. The Morgan fingerprint density at radius 2 is 1.58 bits per heavy atom. The standard InChI is InChI=1S/C16H21N3O6S/c1-8-11(14(20)24-4)13(12(9(2)18-8)15(21)25-5)10-7-17-16(19(10)3)26(6,22)23/h7,13,18H,1-6H3. The summed E-state index contributed by atoms with van der Waals surface area (Å²) in [7, 11) is 0.376. The van der Waals surface area contributed by atoms with Crippen molar-refractivity contribution in [3.05, 3.63) is 34.4 Å². The predicted octanol–water partition coefficient (Wildman–Crippen LogP) is 0.404. The number of imidazole rings is 1. The quantitative estimate of drug-likeness (QED) is 0.743. The zero-order valence-electron chi connectivity index (χ0n) is 15.4. The molecule has 0 unspecified atom stereocenters. The Morgan fingerprint density at radius 3 is 1.92 bits per heavy atom. The minimum atomic E-state index is -3.59. The Labute approximate surface area is 151 Å². The van der Waals surface area contributed by atoms with E-state index in [1.165, 1.54) is 32.0 Å². The van der Waals surface area contributed by atoms with Crippen molar-refractivity contribution in [1.29, 1.82) is 0 Å². The normalized spacial score (nSPS) is 15.8. The molecule has 0 saturated carbocycles. The minimum absolute atomic E-state index is 0.172. The summed E-state index contributed by atoms with van der Waals surface area (Å²) < 4.78 is 34.9. The number of hydrogen-bond acceptors (Lipinski definition) is 8. The van der Waals surface area contributed by atoms with Crippen LogP contribution in [0.5, 0.6) is 0 Å². The molecule has 0 saturated heterocycles. The van der Waals surface area contributed by atoms with Crippen LogP contribution in [0.25, 0.3) is 0 Å². The summed E-state index contributed by atoms with van der Waals surface area (Å²) in [6.45, 7) is 3.34. The first kappa shape index (κ1) is 19.7. The van der Waals surface area contributed by atoms with Crippen LogP contribution >= 0.6 is 0 Å². The van der Waals surface area contributed by atoms with E-state index in [2.05, 4.69) is 10.3 Å². The topological polar surface area (TPSA) is 117 Å². The number of ether oxygens (including phenoxy) is 2. The summed E-state index contributed by atoms with van der Waals surface area (Å²) in [6, 6.07) is 0. The van der Waals surface area contributed by atoms with Gasteiger partial charge in [0.2, 0.25) is 15.0 Å². The molecule has 0 spiro atoms. The molecule has 1 aromatic rings. The molecular formula is C16H21N3O6S. The summed E-state index contributed by atoms with van der Waals surface area (Å²) in [5.74, 6) is -2.17. The van der Waals surface area contributed by atoms with Gasteiger partial charge < -0.3 is 19.4 Å². The van der Waals surface area contributed by atoms with Crippen LogP contribution in [0.15, 0.2) is 33.9 Å². The maximum absolute atomic E-state index is 12.4. The minimum Gasteiger partial charge on any atom is -0.466 e. The van der Waals surface area contributed by atoms with Crippen LogP contribution in [0.2, 0.25) is 0 Å². The van der Waals surface area contributed by atoms with Gasteiger partial charge in [-0.2, -0.15) is 0 Å². The van der Waals surface area contributed by atoms with Gasteiger partial charge in [0.25, 0.3) is 0 Å². The van der Waals surface area contributed by atoms with Gasteiger partial charge in [0.15, 0.2) is 0 Å². The lowest BCUT2D eigenvalue weighted by molar-refractivity contribution is -0.137. The Hall–Kier alpha value is -2.62. The van der Waals surface area contributed by atoms with Crippen LogP contribution in [0, 0.1) is 0 Å². The zero-order valence-corrected chi connectivity index (χ0v) is 16.2. The Balaban J connectivity index is 2.80. The van der Waals surface area contributed by atoms with Crippen LogP contribution in [-0.2, 0) is 35.9 Å². The van der Waals surface area contributed by atoms with Crippen molar-refractivity contribution in [1.82, 2.24) is 14.9 Å². The largest absolute Gasteiger partial charge is 0.466 e. The molecule has 1 aliphatic rings. The first-order chi connectivity index (χ1) is 12.0. The van der Waals surface area contributed by atoms with Crippen molar-refractivity contribution in [2.24, 2.45) is 7.05 Å². The molecule has 0 fully saturated rings. The highest BCUT2D eigenvalue weighted by atomic mass is 32.2. The van der Waals surface area contributed by atoms with Gasteiger partial charge in [-0.05, 0) is 13.8 Å². The highest BCUT2D eigenvalue weighted by Crippen LogP contribution is 2.39. The van der Waals surface area contributed by atoms with Crippen LogP contribution in [0.1, 0.15) is 25.5 Å².